The van der Waals surface area contributed by atoms with Crippen molar-refractivity contribution in [3.63, 3.8) is 0 Å². The summed E-state index contributed by atoms with van der Waals surface area (Å²) in [5.74, 6) is 0.922. The van der Waals surface area contributed by atoms with E-state index in [1.54, 1.807) is 0 Å². The fourth-order valence-electron chi connectivity index (χ4n) is 3.35. The van der Waals surface area contributed by atoms with Crippen molar-refractivity contribution in [2.45, 2.75) is 51.2 Å². The molecule has 144 valence electrons. The van der Waals surface area contributed by atoms with Crippen LogP contribution in [0.25, 0.3) is 0 Å². The Morgan fingerprint density at radius 2 is 1.89 bits per heavy atom. The average molecular weight is 367 g/mol. The average Bonchev–Trinajstić information content (AvgIpc) is 3.18. The van der Waals surface area contributed by atoms with Crippen LogP contribution in [0.15, 0.2) is 54.6 Å². The minimum atomic E-state index is -0.222. The van der Waals surface area contributed by atoms with Crippen LogP contribution in [0.2, 0.25) is 0 Å². The number of hydrogen-bond acceptors (Lipinski definition) is 4. The fraction of sp³-hybridized carbons (Fsp3) is 0.409. The summed E-state index contributed by atoms with van der Waals surface area (Å²) in [6.07, 6.45) is 2.62. The highest BCUT2D eigenvalue weighted by Crippen LogP contribution is 2.24. The van der Waals surface area contributed by atoms with E-state index in [0.717, 1.165) is 30.6 Å². The summed E-state index contributed by atoms with van der Waals surface area (Å²) < 4.78 is 5.48. The van der Waals surface area contributed by atoms with Gasteiger partial charge in [-0.3, -0.25) is 4.79 Å². The molecule has 5 heteroatoms. The van der Waals surface area contributed by atoms with Crippen LogP contribution < -0.4 is 20.9 Å². The molecule has 1 heterocycles. The van der Waals surface area contributed by atoms with E-state index in [1.807, 2.05) is 49.4 Å². The lowest BCUT2D eigenvalue weighted by Gasteiger charge is -2.17. The van der Waals surface area contributed by atoms with Gasteiger partial charge in [0.2, 0.25) is 5.91 Å². The molecule has 2 aromatic carbocycles. The number of amides is 1. The van der Waals surface area contributed by atoms with Crippen molar-refractivity contribution in [2.24, 2.45) is 0 Å². The molecule has 3 N–H and O–H groups in total. The first-order chi connectivity index (χ1) is 13.2. The standard InChI is InChI=1S/C22H29N3O2/c1-3-27-19-13-11-18(12-14-19)20-15-21(25-24-20)22(26)23-16(2)9-10-17-7-5-4-6-8-17/h4-8,11-14,16,20-21,24-25H,3,9-10,15H2,1-2H3,(H,23,26). The van der Waals surface area contributed by atoms with Crippen molar-refractivity contribution in [1.29, 1.82) is 0 Å². The van der Waals surface area contributed by atoms with E-state index < -0.39 is 0 Å². The van der Waals surface area contributed by atoms with Crippen LogP contribution in [0.4, 0.5) is 0 Å². The number of aryl methyl sites for hydroxylation is 1. The van der Waals surface area contributed by atoms with Gasteiger partial charge in [0.15, 0.2) is 0 Å². The Morgan fingerprint density at radius 3 is 2.59 bits per heavy atom. The zero-order valence-corrected chi connectivity index (χ0v) is 16.1. The molecule has 0 radical (unpaired) electrons. The maximum absolute atomic E-state index is 12.5. The minimum Gasteiger partial charge on any atom is -0.494 e. The fourth-order valence-corrected chi connectivity index (χ4v) is 3.35. The van der Waals surface area contributed by atoms with Crippen LogP contribution in [-0.4, -0.2) is 24.6 Å². The first-order valence-electron chi connectivity index (χ1n) is 9.74. The quantitative estimate of drug-likeness (QED) is 0.671. The maximum atomic E-state index is 12.5. The van der Waals surface area contributed by atoms with Gasteiger partial charge in [-0.05, 0) is 56.4 Å². The Hall–Kier alpha value is -2.37. The second kappa shape index (κ2) is 9.53. The lowest BCUT2D eigenvalue weighted by Crippen LogP contribution is -2.46. The number of ether oxygens (including phenoxy) is 1. The largest absolute Gasteiger partial charge is 0.494 e. The van der Waals surface area contributed by atoms with E-state index in [1.165, 1.54) is 5.56 Å². The minimum absolute atomic E-state index is 0.0523. The molecule has 0 aliphatic carbocycles. The third kappa shape index (κ3) is 5.55. The van der Waals surface area contributed by atoms with Crippen LogP contribution in [-0.2, 0) is 11.2 Å². The molecule has 1 aliphatic heterocycles. The van der Waals surface area contributed by atoms with Gasteiger partial charge in [0, 0.05) is 12.1 Å². The molecule has 0 aromatic heterocycles. The molecule has 27 heavy (non-hydrogen) atoms. The molecule has 0 bridgehead atoms. The van der Waals surface area contributed by atoms with Gasteiger partial charge >= 0.3 is 0 Å². The molecule has 2 aromatic rings. The van der Waals surface area contributed by atoms with Crippen LogP contribution >= 0.6 is 0 Å². The summed E-state index contributed by atoms with van der Waals surface area (Å²) >= 11 is 0. The predicted molar refractivity (Wildman–Crippen MR) is 107 cm³/mol. The summed E-state index contributed by atoms with van der Waals surface area (Å²) in [4.78, 5) is 12.5. The van der Waals surface area contributed by atoms with Crippen molar-refractivity contribution < 1.29 is 9.53 Å². The lowest BCUT2D eigenvalue weighted by atomic mass is 10.0. The zero-order chi connectivity index (χ0) is 19.1. The second-order valence-corrected chi connectivity index (χ2v) is 7.07. The first-order valence-corrected chi connectivity index (χ1v) is 9.74. The smallest absolute Gasteiger partial charge is 0.238 e. The van der Waals surface area contributed by atoms with Gasteiger partial charge in [0.1, 0.15) is 11.8 Å². The molecule has 3 unspecified atom stereocenters. The highest BCUT2D eigenvalue weighted by molar-refractivity contribution is 5.82. The molecular weight excluding hydrogens is 338 g/mol. The molecule has 1 saturated heterocycles. The van der Waals surface area contributed by atoms with Gasteiger partial charge in [-0.1, -0.05) is 42.5 Å². The summed E-state index contributed by atoms with van der Waals surface area (Å²) in [7, 11) is 0. The van der Waals surface area contributed by atoms with E-state index in [2.05, 4.69) is 35.2 Å². The molecule has 5 nitrogen and oxygen atoms in total. The molecule has 1 fully saturated rings. The summed E-state index contributed by atoms with van der Waals surface area (Å²) in [6, 6.07) is 18.5. The van der Waals surface area contributed by atoms with E-state index in [9.17, 15) is 4.79 Å². The first kappa shape index (κ1) is 19.4. The monoisotopic (exact) mass is 367 g/mol. The second-order valence-electron chi connectivity index (χ2n) is 7.07. The van der Waals surface area contributed by atoms with Gasteiger partial charge < -0.3 is 10.1 Å². The van der Waals surface area contributed by atoms with Gasteiger partial charge in [-0.15, -0.1) is 0 Å². The molecule has 1 amide bonds. The van der Waals surface area contributed by atoms with Crippen LogP contribution in [0.1, 0.15) is 43.9 Å². The Bertz CT molecular complexity index is 718. The SMILES string of the molecule is CCOc1ccc(C2CC(C(=O)NC(C)CCc3ccccc3)NN2)cc1. The number of carbonyl (C=O) groups excluding carboxylic acids is 1. The van der Waals surface area contributed by atoms with Crippen LogP contribution in [0.5, 0.6) is 5.75 Å². The van der Waals surface area contributed by atoms with E-state index in [-0.39, 0.29) is 24.0 Å². The molecule has 0 saturated carbocycles. The topological polar surface area (TPSA) is 62.4 Å². The third-order valence-electron chi connectivity index (χ3n) is 4.91. The number of hydrogen-bond donors (Lipinski definition) is 3. The van der Waals surface area contributed by atoms with Gasteiger partial charge in [-0.2, -0.15) is 0 Å². The molecule has 3 rings (SSSR count). The number of hydrazine groups is 1. The lowest BCUT2D eigenvalue weighted by molar-refractivity contribution is -0.123. The Balaban J connectivity index is 1.45. The highest BCUT2D eigenvalue weighted by Gasteiger charge is 2.30. The van der Waals surface area contributed by atoms with Crippen molar-refractivity contribution in [1.82, 2.24) is 16.2 Å². The van der Waals surface area contributed by atoms with Crippen molar-refractivity contribution in [2.75, 3.05) is 6.61 Å². The van der Waals surface area contributed by atoms with Crippen molar-refractivity contribution >= 4 is 5.91 Å². The van der Waals surface area contributed by atoms with E-state index >= 15 is 0 Å². The predicted octanol–water partition coefficient (Wildman–Crippen LogP) is 3.13. The van der Waals surface area contributed by atoms with Crippen molar-refractivity contribution in [3.8, 4) is 5.75 Å². The molecular formula is C22H29N3O2. The maximum Gasteiger partial charge on any atom is 0.238 e. The van der Waals surface area contributed by atoms with Gasteiger partial charge in [0.25, 0.3) is 0 Å². The third-order valence-corrected chi connectivity index (χ3v) is 4.91. The number of rotatable bonds is 8. The molecule has 3 atom stereocenters. The van der Waals surface area contributed by atoms with Crippen LogP contribution in [0.3, 0.4) is 0 Å². The highest BCUT2D eigenvalue weighted by atomic mass is 16.5. The molecule has 1 aliphatic rings. The summed E-state index contributed by atoms with van der Waals surface area (Å²) in [6.45, 7) is 4.70. The van der Waals surface area contributed by atoms with E-state index in [0.29, 0.717) is 6.61 Å². The van der Waals surface area contributed by atoms with Crippen LogP contribution in [0, 0.1) is 0 Å². The Morgan fingerprint density at radius 1 is 1.15 bits per heavy atom. The Labute approximate surface area is 161 Å². The van der Waals surface area contributed by atoms with E-state index in [4.69, 9.17) is 4.74 Å². The normalized spacial score (nSPS) is 20.2. The van der Waals surface area contributed by atoms with Crippen molar-refractivity contribution in [3.05, 3.63) is 65.7 Å². The molecule has 0 spiro atoms. The number of carbonyl (C=O) groups is 1. The number of benzene rings is 2. The zero-order valence-electron chi connectivity index (χ0n) is 16.1. The summed E-state index contributed by atoms with van der Waals surface area (Å²) in [5.41, 5.74) is 8.82. The number of nitrogens with one attached hydrogen (secondary N) is 3. The summed E-state index contributed by atoms with van der Waals surface area (Å²) in [5, 5.41) is 3.13. The van der Waals surface area contributed by atoms with Gasteiger partial charge in [-0.25, -0.2) is 10.9 Å². The van der Waals surface area contributed by atoms with Gasteiger partial charge in [0.05, 0.1) is 6.61 Å². The Kier molecular flexibility index (Phi) is 6.85.